The SMILES string of the molecule is COc1c[nH]cc1I. The largest absolute Gasteiger partial charge is 0.494 e. The van der Waals surface area contributed by atoms with Gasteiger partial charge in [-0.25, -0.2) is 0 Å². The first-order chi connectivity index (χ1) is 3.84. The molecule has 0 saturated heterocycles. The van der Waals surface area contributed by atoms with E-state index in [-0.39, 0.29) is 0 Å². The zero-order valence-electron chi connectivity index (χ0n) is 4.44. The number of aromatic amines is 1. The van der Waals surface area contributed by atoms with Crippen LogP contribution in [0.5, 0.6) is 5.75 Å². The molecular formula is C5H6INO. The molecule has 0 aliphatic heterocycles. The van der Waals surface area contributed by atoms with Gasteiger partial charge in [0.1, 0.15) is 5.75 Å². The van der Waals surface area contributed by atoms with Crippen molar-refractivity contribution in [1.82, 2.24) is 4.98 Å². The number of nitrogens with one attached hydrogen (secondary N) is 1. The van der Waals surface area contributed by atoms with Crippen molar-refractivity contribution in [2.75, 3.05) is 7.11 Å². The van der Waals surface area contributed by atoms with E-state index < -0.39 is 0 Å². The maximum absolute atomic E-state index is 4.95. The lowest BCUT2D eigenvalue weighted by Crippen LogP contribution is -1.79. The molecule has 0 radical (unpaired) electrons. The molecule has 1 N–H and O–H groups in total. The first-order valence-corrected chi connectivity index (χ1v) is 3.28. The van der Waals surface area contributed by atoms with E-state index in [2.05, 4.69) is 27.6 Å². The van der Waals surface area contributed by atoms with E-state index in [1.165, 1.54) is 0 Å². The Morgan fingerprint density at radius 1 is 1.62 bits per heavy atom. The first kappa shape index (κ1) is 5.94. The van der Waals surface area contributed by atoms with Gasteiger partial charge in [0.25, 0.3) is 0 Å². The second-order valence-electron chi connectivity index (χ2n) is 1.37. The minimum atomic E-state index is 0.908. The van der Waals surface area contributed by atoms with Crippen LogP contribution in [0.25, 0.3) is 0 Å². The second kappa shape index (κ2) is 2.39. The number of hydrogen-bond acceptors (Lipinski definition) is 1. The van der Waals surface area contributed by atoms with E-state index in [0.29, 0.717) is 0 Å². The van der Waals surface area contributed by atoms with Crippen LogP contribution < -0.4 is 4.74 Å². The number of H-pyrrole nitrogens is 1. The average molecular weight is 223 g/mol. The van der Waals surface area contributed by atoms with Crippen molar-refractivity contribution in [1.29, 1.82) is 0 Å². The highest BCUT2D eigenvalue weighted by molar-refractivity contribution is 14.1. The zero-order valence-corrected chi connectivity index (χ0v) is 6.60. The molecule has 0 amide bonds. The van der Waals surface area contributed by atoms with Gasteiger partial charge in [-0.05, 0) is 22.6 Å². The molecule has 44 valence electrons. The fourth-order valence-corrected chi connectivity index (χ4v) is 1.04. The number of aromatic nitrogens is 1. The lowest BCUT2D eigenvalue weighted by molar-refractivity contribution is 0.413. The normalized spacial score (nSPS) is 9.25. The summed E-state index contributed by atoms with van der Waals surface area (Å²) in [6.07, 6.45) is 3.71. The van der Waals surface area contributed by atoms with Crippen molar-refractivity contribution in [3.8, 4) is 5.75 Å². The van der Waals surface area contributed by atoms with Gasteiger partial charge in [0.2, 0.25) is 0 Å². The van der Waals surface area contributed by atoms with Gasteiger partial charge in [-0.3, -0.25) is 0 Å². The van der Waals surface area contributed by atoms with E-state index in [4.69, 9.17) is 4.74 Å². The standard InChI is InChI=1S/C5H6INO/c1-8-5-3-7-2-4(5)6/h2-3,7H,1H3. The number of halogens is 1. The van der Waals surface area contributed by atoms with Gasteiger partial charge >= 0.3 is 0 Å². The van der Waals surface area contributed by atoms with E-state index >= 15 is 0 Å². The lowest BCUT2D eigenvalue weighted by Gasteiger charge is -1.91. The summed E-state index contributed by atoms with van der Waals surface area (Å²) in [7, 11) is 1.66. The Labute approximate surface area is 61.4 Å². The van der Waals surface area contributed by atoms with Crippen LogP contribution in [-0.4, -0.2) is 12.1 Å². The maximum atomic E-state index is 4.95. The van der Waals surface area contributed by atoms with Crippen LogP contribution in [0, 0.1) is 3.57 Å². The van der Waals surface area contributed by atoms with Crippen LogP contribution in [0.3, 0.4) is 0 Å². The number of ether oxygens (including phenoxy) is 1. The van der Waals surface area contributed by atoms with E-state index in [1.54, 1.807) is 7.11 Å². The topological polar surface area (TPSA) is 25.0 Å². The number of rotatable bonds is 1. The molecule has 0 spiro atoms. The van der Waals surface area contributed by atoms with Crippen molar-refractivity contribution in [3.05, 3.63) is 16.0 Å². The number of hydrogen-bond donors (Lipinski definition) is 1. The van der Waals surface area contributed by atoms with Crippen LogP contribution in [0.15, 0.2) is 12.4 Å². The monoisotopic (exact) mass is 223 g/mol. The molecule has 1 aromatic rings. The third-order valence-corrected chi connectivity index (χ3v) is 1.72. The third kappa shape index (κ3) is 0.964. The molecule has 0 aromatic carbocycles. The Bertz CT molecular complexity index is 173. The smallest absolute Gasteiger partial charge is 0.149 e. The Morgan fingerprint density at radius 2 is 2.38 bits per heavy atom. The van der Waals surface area contributed by atoms with Crippen molar-refractivity contribution in [3.63, 3.8) is 0 Å². The summed E-state index contributed by atoms with van der Waals surface area (Å²) in [6.45, 7) is 0. The molecule has 0 aliphatic carbocycles. The predicted octanol–water partition coefficient (Wildman–Crippen LogP) is 1.63. The van der Waals surface area contributed by atoms with Crippen molar-refractivity contribution >= 4 is 22.6 Å². The summed E-state index contributed by atoms with van der Waals surface area (Å²) in [5, 5.41) is 0. The van der Waals surface area contributed by atoms with E-state index in [1.807, 2.05) is 12.4 Å². The van der Waals surface area contributed by atoms with Crippen molar-refractivity contribution < 1.29 is 4.74 Å². The van der Waals surface area contributed by atoms with Gasteiger partial charge in [-0.15, -0.1) is 0 Å². The molecule has 0 unspecified atom stereocenters. The molecular weight excluding hydrogens is 217 g/mol. The molecule has 1 heterocycles. The summed E-state index contributed by atoms with van der Waals surface area (Å²) in [4.78, 5) is 2.92. The van der Waals surface area contributed by atoms with E-state index in [0.717, 1.165) is 9.32 Å². The highest BCUT2D eigenvalue weighted by Crippen LogP contribution is 2.17. The van der Waals surface area contributed by atoms with Crippen LogP contribution >= 0.6 is 22.6 Å². The maximum Gasteiger partial charge on any atom is 0.149 e. The molecule has 8 heavy (non-hydrogen) atoms. The highest BCUT2D eigenvalue weighted by atomic mass is 127. The highest BCUT2D eigenvalue weighted by Gasteiger charge is 1.95. The molecule has 3 heteroatoms. The molecule has 0 bridgehead atoms. The predicted molar refractivity (Wildman–Crippen MR) is 40.1 cm³/mol. The number of methoxy groups -OCH3 is 1. The minimum absolute atomic E-state index is 0.908. The van der Waals surface area contributed by atoms with Crippen LogP contribution in [-0.2, 0) is 0 Å². The quantitative estimate of drug-likeness (QED) is 0.719. The van der Waals surface area contributed by atoms with Crippen molar-refractivity contribution in [2.24, 2.45) is 0 Å². The summed E-state index contributed by atoms with van der Waals surface area (Å²) in [5.74, 6) is 0.908. The molecule has 0 saturated carbocycles. The molecule has 1 aromatic heterocycles. The Morgan fingerprint density at radius 3 is 2.62 bits per heavy atom. The molecule has 1 rings (SSSR count). The summed E-state index contributed by atoms with van der Waals surface area (Å²) < 4.78 is 6.06. The summed E-state index contributed by atoms with van der Waals surface area (Å²) >= 11 is 2.20. The Balaban J connectivity index is 2.92. The zero-order chi connectivity index (χ0) is 5.98. The second-order valence-corrected chi connectivity index (χ2v) is 2.53. The van der Waals surface area contributed by atoms with Gasteiger partial charge in [0.15, 0.2) is 0 Å². The fourth-order valence-electron chi connectivity index (χ4n) is 0.487. The van der Waals surface area contributed by atoms with Crippen LogP contribution in [0.1, 0.15) is 0 Å². The van der Waals surface area contributed by atoms with Crippen LogP contribution in [0.2, 0.25) is 0 Å². The van der Waals surface area contributed by atoms with Crippen LogP contribution in [0.4, 0.5) is 0 Å². The molecule has 0 fully saturated rings. The van der Waals surface area contributed by atoms with Gasteiger partial charge in [0.05, 0.1) is 10.7 Å². The van der Waals surface area contributed by atoms with Gasteiger partial charge in [-0.2, -0.15) is 0 Å². The lowest BCUT2D eigenvalue weighted by atomic mass is 10.6. The minimum Gasteiger partial charge on any atom is -0.494 e. The average Bonchev–Trinajstić information content (AvgIpc) is 2.14. The molecule has 0 atom stereocenters. The van der Waals surface area contributed by atoms with Crippen molar-refractivity contribution in [2.45, 2.75) is 0 Å². The third-order valence-electron chi connectivity index (χ3n) is 0.880. The summed E-state index contributed by atoms with van der Waals surface area (Å²) in [5.41, 5.74) is 0. The molecule has 0 aliphatic rings. The Hall–Kier alpha value is -0.190. The first-order valence-electron chi connectivity index (χ1n) is 2.21. The van der Waals surface area contributed by atoms with Gasteiger partial charge < -0.3 is 9.72 Å². The van der Waals surface area contributed by atoms with E-state index in [9.17, 15) is 0 Å². The summed E-state index contributed by atoms with van der Waals surface area (Å²) in [6, 6.07) is 0. The fraction of sp³-hybridized carbons (Fsp3) is 0.200. The van der Waals surface area contributed by atoms with Gasteiger partial charge in [-0.1, -0.05) is 0 Å². The van der Waals surface area contributed by atoms with Gasteiger partial charge in [0, 0.05) is 12.4 Å². The Kier molecular flexibility index (Phi) is 1.77. The molecule has 2 nitrogen and oxygen atoms in total.